The van der Waals surface area contributed by atoms with E-state index in [-0.39, 0.29) is 11.7 Å². The third kappa shape index (κ3) is 3.92. The van der Waals surface area contributed by atoms with Gasteiger partial charge in [-0.1, -0.05) is 38.7 Å². The minimum Gasteiger partial charge on any atom is -0.494 e. The lowest BCUT2D eigenvalue weighted by atomic mass is 9.72. The van der Waals surface area contributed by atoms with Crippen molar-refractivity contribution in [1.29, 1.82) is 0 Å². The maximum Gasteiger partial charge on any atom is 0.200 e. The van der Waals surface area contributed by atoms with Crippen molar-refractivity contribution in [2.24, 2.45) is 17.8 Å². The second kappa shape index (κ2) is 7.84. The van der Waals surface area contributed by atoms with Crippen molar-refractivity contribution >= 4 is 0 Å². The number of methoxy groups -OCH3 is 1. The minimum atomic E-state index is -0.839. The fraction of sp³-hybridized carbons (Fsp3) is 0.714. The van der Waals surface area contributed by atoms with Gasteiger partial charge in [0, 0.05) is 0 Å². The minimum absolute atomic E-state index is 0.00328. The molecule has 134 valence electrons. The van der Waals surface area contributed by atoms with Crippen molar-refractivity contribution in [3.63, 3.8) is 0 Å². The lowest BCUT2D eigenvalue weighted by molar-refractivity contribution is 0.210. The number of hydrogen-bond acceptors (Lipinski definition) is 1. The molecule has 2 saturated carbocycles. The SMILES string of the molecule is COc1ccc(C2CCC(CC3CCC(C)CC3)CC2)c(F)c1F. The third-order valence-corrected chi connectivity index (χ3v) is 6.39. The first-order valence-corrected chi connectivity index (χ1v) is 9.60. The zero-order valence-electron chi connectivity index (χ0n) is 15.0. The normalized spacial score (nSPS) is 31.0. The van der Waals surface area contributed by atoms with Crippen molar-refractivity contribution in [2.75, 3.05) is 7.11 Å². The smallest absolute Gasteiger partial charge is 0.200 e. The van der Waals surface area contributed by atoms with E-state index in [1.54, 1.807) is 12.1 Å². The van der Waals surface area contributed by atoms with Crippen molar-refractivity contribution in [3.05, 3.63) is 29.3 Å². The molecular weight excluding hydrogens is 306 g/mol. The van der Waals surface area contributed by atoms with E-state index in [1.807, 2.05) is 0 Å². The molecule has 0 atom stereocenters. The van der Waals surface area contributed by atoms with Gasteiger partial charge in [0.1, 0.15) is 0 Å². The maximum atomic E-state index is 14.3. The summed E-state index contributed by atoms with van der Waals surface area (Å²) in [5, 5.41) is 0. The van der Waals surface area contributed by atoms with Gasteiger partial charge >= 0.3 is 0 Å². The number of halogens is 2. The Morgan fingerprint density at radius 1 is 0.875 bits per heavy atom. The van der Waals surface area contributed by atoms with Gasteiger partial charge < -0.3 is 4.74 Å². The van der Waals surface area contributed by atoms with Gasteiger partial charge in [-0.15, -0.1) is 0 Å². The molecule has 1 aromatic carbocycles. The summed E-state index contributed by atoms with van der Waals surface area (Å²) in [7, 11) is 1.37. The molecule has 0 bridgehead atoms. The van der Waals surface area contributed by atoms with Crippen LogP contribution in [0.2, 0.25) is 0 Å². The molecule has 0 unspecified atom stereocenters. The monoisotopic (exact) mass is 336 g/mol. The molecule has 0 spiro atoms. The Labute approximate surface area is 144 Å². The average molecular weight is 336 g/mol. The van der Waals surface area contributed by atoms with Gasteiger partial charge in [-0.2, -0.15) is 4.39 Å². The van der Waals surface area contributed by atoms with Crippen LogP contribution in [0.4, 0.5) is 8.78 Å². The Morgan fingerprint density at radius 3 is 2.04 bits per heavy atom. The molecule has 0 radical (unpaired) electrons. The Hall–Kier alpha value is -1.12. The van der Waals surface area contributed by atoms with E-state index in [4.69, 9.17) is 4.74 Å². The first-order valence-electron chi connectivity index (χ1n) is 9.60. The molecular formula is C21H30F2O. The van der Waals surface area contributed by atoms with Crippen molar-refractivity contribution in [2.45, 2.75) is 70.6 Å². The van der Waals surface area contributed by atoms with Gasteiger partial charge in [0.05, 0.1) is 7.11 Å². The van der Waals surface area contributed by atoms with E-state index in [1.165, 1.54) is 39.2 Å². The van der Waals surface area contributed by atoms with Crippen LogP contribution in [0.3, 0.4) is 0 Å². The van der Waals surface area contributed by atoms with Gasteiger partial charge in [-0.25, -0.2) is 4.39 Å². The number of ether oxygens (including phenoxy) is 1. The number of benzene rings is 1. The number of rotatable bonds is 4. The molecule has 0 saturated heterocycles. The summed E-state index contributed by atoms with van der Waals surface area (Å²) in [4.78, 5) is 0. The summed E-state index contributed by atoms with van der Waals surface area (Å²) in [5.41, 5.74) is 0.540. The van der Waals surface area contributed by atoms with Crippen molar-refractivity contribution in [3.8, 4) is 5.75 Å². The first kappa shape index (κ1) is 17.7. The van der Waals surface area contributed by atoms with Crippen LogP contribution < -0.4 is 4.74 Å². The lowest BCUT2D eigenvalue weighted by Crippen LogP contribution is -2.20. The molecule has 2 aliphatic rings. The fourth-order valence-electron chi connectivity index (χ4n) is 4.77. The second-order valence-electron chi connectivity index (χ2n) is 8.06. The molecule has 0 aliphatic heterocycles. The summed E-state index contributed by atoms with van der Waals surface area (Å²) < 4.78 is 33.1. The van der Waals surface area contributed by atoms with Crippen LogP contribution in [-0.2, 0) is 0 Å². The van der Waals surface area contributed by atoms with E-state index >= 15 is 0 Å². The largest absolute Gasteiger partial charge is 0.494 e. The molecule has 2 aliphatic carbocycles. The van der Waals surface area contributed by atoms with Gasteiger partial charge in [0.15, 0.2) is 11.6 Å². The topological polar surface area (TPSA) is 9.23 Å². The number of hydrogen-bond donors (Lipinski definition) is 0. The molecule has 3 heteroatoms. The van der Waals surface area contributed by atoms with Crippen LogP contribution in [0.15, 0.2) is 12.1 Å². The van der Waals surface area contributed by atoms with Gasteiger partial charge in [-0.3, -0.25) is 0 Å². The Morgan fingerprint density at radius 2 is 1.46 bits per heavy atom. The van der Waals surface area contributed by atoms with Gasteiger partial charge in [0.25, 0.3) is 0 Å². The molecule has 0 N–H and O–H groups in total. The molecule has 1 aromatic rings. The summed E-state index contributed by atoms with van der Waals surface area (Å²) in [5.74, 6) is 1.20. The van der Waals surface area contributed by atoms with E-state index in [9.17, 15) is 8.78 Å². The van der Waals surface area contributed by atoms with Crippen LogP contribution in [0.1, 0.15) is 76.2 Å². The molecule has 0 heterocycles. The highest BCUT2D eigenvalue weighted by atomic mass is 19.2. The quantitative estimate of drug-likeness (QED) is 0.613. The summed E-state index contributed by atoms with van der Waals surface area (Å²) >= 11 is 0. The first-order chi connectivity index (χ1) is 11.6. The van der Waals surface area contributed by atoms with Crippen LogP contribution >= 0.6 is 0 Å². The zero-order valence-corrected chi connectivity index (χ0v) is 15.0. The zero-order chi connectivity index (χ0) is 17.1. The summed E-state index contributed by atoms with van der Waals surface area (Å²) in [6, 6.07) is 3.27. The van der Waals surface area contributed by atoms with Crippen molar-refractivity contribution in [1.82, 2.24) is 0 Å². The highest BCUT2D eigenvalue weighted by Crippen LogP contribution is 2.42. The Kier molecular flexibility index (Phi) is 5.78. The van der Waals surface area contributed by atoms with E-state index < -0.39 is 11.6 Å². The molecule has 24 heavy (non-hydrogen) atoms. The van der Waals surface area contributed by atoms with Crippen LogP contribution in [-0.4, -0.2) is 7.11 Å². The van der Waals surface area contributed by atoms with Gasteiger partial charge in [0.2, 0.25) is 5.82 Å². The molecule has 0 amide bonds. The van der Waals surface area contributed by atoms with Crippen LogP contribution in [0.5, 0.6) is 5.75 Å². The standard InChI is InChI=1S/C21H30F2O/c1-14-3-5-15(6-4-14)13-16-7-9-17(10-8-16)18-11-12-19(24-2)21(23)20(18)22/h11-12,14-17H,3-10,13H2,1-2H3. The van der Waals surface area contributed by atoms with E-state index in [2.05, 4.69) is 6.92 Å². The third-order valence-electron chi connectivity index (χ3n) is 6.39. The predicted octanol–water partition coefficient (Wildman–Crippen LogP) is 6.46. The second-order valence-corrected chi connectivity index (χ2v) is 8.06. The molecule has 0 aromatic heterocycles. The molecule has 3 rings (SSSR count). The average Bonchev–Trinajstić information content (AvgIpc) is 2.60. The van der Waals surface area contributed by atoms with E-state index in [0.717, 1.165) is 43.4 Å². The van der Waals surface area contributed by atoms with Crippen molar-refractivity contribution < 1.29 is 13.5 Å². The predicted molar refractivity (Wildman–Crippen MR) is 93.3 cm³/mol. The summed E-state index contributed by atoms with van der Waals surface area (Å²) in [6.07, 6.45) is 11.2. The Bertz CT molecular complexity index is 541. The molecule has 1 nitrogen and oxygen atoms in total. The molecule has 2 fully saturated rings. The summed E-state index contributed by atoms with van der Waals surface area (Å²) in [6.45, 7) is 2.37. The van der Waals surface area contributed by atoms with Crippen LogP contribution in [0, 0.1) is 29.4 Å². The highest BCUT2D eigenvalue weighted by Gasteiger charge is 2.28. The van der Waals surface area contributed by atoms with Gasteiger partial charge in [-0.05, 0) is 67.4 Å². The highest BCUT2D eigenvalue weighted by molar-refractivity contribution is 5.33. The maximum absolute atomic E-state index is 14.3. The lowest BCUT2D eigenvalue weighted by Gasteiger charge is -2.33. The van der Waals surface area contributed by atoms with Crippen LogP contribution in [0.25, 0.3) is 0 Å². The Balaban J connectivity index is 1.54. The fourth-order valence-corrected chi connectivity index (χ4v) is 4.77. The van der Waals surface area contributed by atoms with E-state index in [0.29, 0.717) is 5.56 Å².